The van der Waals surface area contributed by atoms with Crippen LogP contribution in [0.4, 0.5) is 5.69 Å². The molecule has 0 bridgehead atoms. The van der Waals surface area contributed by atoms with Crippen LogP contribution in [-0.4, -0.2) is 14.7 Å². The Labute approximate surface area is 98.8 Å². The zero-order valence-electron chi connectivity index (χ0n) is 9.75. The number of rotatable bonds is 3. The number of aromatic nitrogens is 2. The molecule has 88 valence electrons. The van der Waals surface area contributed by atoms with Crippen molar-refractivity contribution in [3.05, 3.63) is 57.4 Å². The molecule has 1 heterocycles. The maximum atomic E-state index is 10.7. The summed E-state index contributed by atoms with van der Waals surface area (Å²) in [7, 11) is 0. The van der Waals surface area contributed by atoms with Crippen molar-refractivity contribution in [1.82, 2.24) is 9.78 Å². The molecule has 17 heavy (non-hydrogen) atoms. The normalized spacial score (nSPS) is 10.5. The van der Waals surface area contributed by atoms with Gasteiger partial charge in [-0.15, -0.1) is 0 Å². The highest BCUT2D eigenvalue weighted by Crippen LogP contribution is 2.16. The molecule has 0 saturated heterocycles. The summed E-state index contributed by atoms with van der Waals surface area (Å²) in [5, 5.41) is 14.8. The summed E-state index contributed by atoms with van der Waals surface area (Å²) < 4.78 is 1.60. The Bertz CT molecular complexity index is 543. The molecule has 0 aliphatic carbocycles. The minimum Gasteiger partial charge on any atom is -0.261 e. The summed E-state index contributed by atoms with van der Waals surface area (Å²) in [5.74, 6) is 0. The third-order valence-electron chi connectivity index (χ3n) is 2.58. The Morgan fingerprint density at radius 3 is 2.47 bits per heavy atom. The van der Waals surface area contributed by atoms with Gasteiger partial charge in [0.2, 0.25) is 0 Å². The van der Waals surface area contributed by atoms with Gasteiger partial charge in [0.25, 0.3) is 0 Å². The van der Waals surface area contributed by atoms with Gasteiger partial charge >= 0.3 is 5.69 Å². The predicted molar refractivity (Wildman–Crippen MR) is 63.9 cm³/mol. The fraction of sp³-hybridized carbons (Fsp3) is 0.250. The molecule has 2 aromatic rings. The van der Waals surface area contributed by atoms with Gasteiger partial charge in [-0.25, -0.2) is 0 Å². The Hall–Kier alpha value is -2.17. The van der Waals surface area contributed by atoms with Gasteiger partial charge in [0.1, 0.15) is 11.9 Å². The Morgan fingerprint density at radius 2 is 1.94 bits per heavy atom. The van der Waals surface area contributed by atoms with E-state index in [4.69, 9.17) is 0 Å². The average Bonchev–Trinajstić information content (AvgIpc) is 2.63. The van der Waals surface area contributed by atoms with Gasteiger partial charge in [0, 0.05) is 0 Å². The molecular formula is C12H13N3O2. The van der Waals surface area contributed by atoms with Crippen LogP contribution in [0.5, 0.6) is 0 Å². The molecule has 0 saturated carbocycles. The third kappa shape index (κ3) is 2.50. The molecule has 1 aromatic heterocycles. The zero-order chi connectivity index (χ0) is 12.4. The van der Waals surface area contributed by atoms with E-state index in [0.717, 1.165) is 5.56 Å². The van der Waals surface area contributed by atoms with Crippen molar-refractivity contribution < 1.29 is 4.92 Å². The first-order valence-electron chi connectivity index (χ1n) is 5.30. The van der Waals surface area contributed by atoms with Gasteiger partial charge in [-0.1, -0.05) is 29.8 Å². The summed E-state index contributed by atoms with van der Waals surface area (Å²) in [6.45, 7) is 4.21. The van der Waals surface area contributed by atoms with Crippen LogP contribution in [0, 0.1) is 24.0 Å². The smallest absolute Gasteiger partial charge is 0.261 e. The number of aryl methyl sites for hydroxylation is 2. The number of benzene rings is 1. The fourth-order valence-electron chi connectivity index (χ4n) is 1.65. The van der Waals surface area contributed by atoms with Crippen molar-refractivity contribution in [1.29, 1.82) is 0 Å². The van der Waals surface area contributed by atoms with Gasteiger partial charge in [0.05, 0.1) is 11.5 Å². The van der Waals surface area contributed by atoms with E-state index in [2.05, 4.69) is 5.10 Å². The lowest BCUT2D eigenvalue weighted by atomic mass is 10.1. The Balaban J connectivity index is 2.22. The molecule has 1 aromatic carbocycles. The highest BCUT2D eigenvalue weighted by atomic mass is 16.6. The molecule has 0 aliphatic rings. The molecule has 0 radical (unpaired) electrons. The van der Waals surface area contributed by atoms with Gasteiger partial charge < -0.3 is 0 Å². The predicted octanol–water partition coefficient (Wildman–Crippen LogP) is 2.46. The van der Waals surface area contributed by atoms with Crippen LogP contribution >= 0.6 is 0 Å². The standard InChI is InChI=1S/C12H13N3O2/c1-9-3-5-11(6-4-9)7-14-8-12(15(16)17)10(2)13-14/h3-6,8H,7H2,1-2H3. The number of hydrogen-bond acceptors (Lipinski definition) is 3. The first-order chi connectivity index (χ1) is 8.06. The van der Waals surface area contributed by atoms with E-state index in [1.165, 1.54) is 11.8 Å². The van der Waals surface area contributed by atoms with Crippen LogP contribution in [-0.2, 0) is 6.54 Å². The van der Waals surface area contributed by atoms with Crippen LogP contribution in [0.3, 0.4) is 0 Å². The maximum absolute atomic E-state index is 10.7. The van der Waals surface area contributed by atoms with E-state index in [1.807, 2.05) is 31.2 Å². The van der Waals surface area contributed by atoms with Gasteiger partial charge in [0.15, 0.2) is 0 Å². The van der Waals surface area contributed by atoms with Crippen LogP contribution in [0.1, 0.15) is 16.8 Å². The van der Waals surface area contributed by atoms with E-state index in [-0.39, 0.29) is 5.69 Å². The van der Waals surface area contributed by atoms with Gasteiger partial charge in [-0.05, 0) is 19.4 Å². The molecule has 0 atom stereocenters. The minimum atomic E-state index is -0.409. The lowest BCUT2D eigenvalue weighted by Crippen LogP contribution is -2.00. The lowest BCUT2D eigenvalue weighted by Gasteiger charge is -2.01. The van der Waals surface area contributed by atoms with Crippen molar-refractivity contribution >= 4 is 5.69 Å². The Kier molecular flexibility index (Phi) is 2.91. The lowest BCUT2D eigenvalue weighted by molar-refractivity contribution is -0.385. The third-order valence-corrected chi connectivity index (χ3v) is 2.58. The molecule has 0 spiro atoms. The van der Waals surface area contributed by atoms with E-state index < -0.39 is 4.92 Å². The molecule has 0 fully saturated rings. The first-order valence-corrected chi connectivity index (χ1v) is 5.30. The molecular weight excluding hydrogens is 218 g/mol. The van der Waals surface area contributed by atoms with Crippen LogP contribution in [0.2, 0.25) is 0 Å². The molecule has 5 nitrogen and oxygen atoms in total. The van der Waals surface area contributed by atoms with Crippen molar-refractivity contribution in [2.75, 3.05) is 0 Å². The first kappa shape index (κ1) is 11.3. The maximum Gasteiger partial charge on any atom is 0.309 e. The van der Waals surface area contributed by atoms with Crippen molar-refractivity contribution in [3.63, 3.8) is 0 Å². The second kappa shape index (κ2) is 4.37. The van der Waals surface area contributed by atoms with Crippen molar-refractivity contribution in [2.45, 2.75) is 20.4 Å². The molecule has 5 heteroatoms. The van der Waals surface area contributed by atoms with E-state index >= 15 is 0 Å². The van der Waals surface area contributed by atoms with E-state index in [0.29, 0.717) is 12.2 Å². The molecule has 0 amide bonds. The minimum absolute atomic E-state index is 0.0668. The average molecular weight is 231 g/mol. The number of nitro groups is 1. The number of nitrogens with zero attached hydrogens (tertiary/aromatic N) is 3. The highest BCUT2D eigenvalue weighted by Gasteiger charge is 2.15. The summed E-state index contributed by atoms with van der Waals surface area (Å²) in [6.07, 6.45) is 1.47. The second-order valence-corrected chi connectivity index (χ2v) is 4.04. The van der Waals surface area contributed by atoms with Crippen LogP contribution in [0.25, 0.3) is 0 Å². The largest absolute Gasteiger partial charge is 0.309 e. The second-order valence-electron chi connectivity index (χ2n) is 4.04. The highest BCUT2D eigenvalue weighted by molar-refractivity contribution is 5.31. The molecule has 0 aliphatic heterocycles. The topological polar surface area (TPSA) is 61.0 Å². The number of hydrogen-bond donors (Lipinski definition) is 0. The van der Waals surface area contributed by atoms with E-state index in [1.54, 1.807) is 11.6 Å². The fourth-order valence-corrected chi connectivity index (χ4v) is 1.65. The summed E-state index contributed by atoms with van der Waals surface area (Å²) in [4.78, 5) is 10.3. The SMILES string of the molecule is Cc1ccc(Cn2cc([N+](=O)[O-])c(C)n2)cc1. The molecule has 0 unspecified atom stereocenters. The monoisotopic (exact) mass is 231 g/mol. The molecule has 2 rings (SSSR count). The molecule has 0 N–H and O–H groups in total. The zero-order valence-corrected chi connectivity index (χ0v) is 9.75. The Morgan fingerprint density at radius 1 is 1.29 bits per heavy atom. The van der Waals surface area contributed by atoms with Gasteiger partial charge in [-0.3, -0.25) is 14.8 Å². The van der Waals surface area contributed by atoms with Crippen molar-refractivity contribution in [2.24, 2.45) is 0 Å². The van der Waals surface area contributed by atoms with Crippen molar-refractivity contribution in [3.8, 4) is 0 Å². The van der Waals surface area contributed by atoms with Gasteiger partial charge in [-0.2, -0.15) is 5.10 Å². The summed E-state index contributed by atoms with van der Waals surface area (Å²) >= 11 is 0. The quantitative estimate of drug-likeness (QED) is 0.602. The summed E-state index contributed by atoms with van der Waals surface area (Å²) in [6, 6.07) is 8.02. The van der Waals surface area contributed by atoms with Crippen LogP contribution < -0.4 is 0 Å². The van der Waals surface area contributed by atoms with E-state index in [9.17, 15) is 10.1 Å². The summed E-state index contributed by atoms with van der Waals surface area (Å²) in [5.41, 5.74) is 2.78. The van der Waals surface area contributed by atoms with Crippen LogP contribution in [0.15, 0.2) is 30.5 Å².